The molecular formula is C15H20ClF3N2O2. The number of halogens is 4. The van der Waals surface area contributed by atoms with Gasteiger partial charge >= 0.3 is 6.36 Å². The van der Waals surface area contributed by atoms with Gasteiger partial charge in [0.2, 0.25) is 5.91 Å². The molecule has 1 aromatic rings. The second kappa shape index (κ2) is 8.40. The number of alkyl halides is 3. The normalized spacial score (nSPS) is 18.3. The van der Waals surface area contributed by atoms with E-state index in [0.717, 1.165) is 13.1 Å². The Labute approximate surface area is 139 Å². The molecule has 1 aliphatic rings. The third kappa shape index (κ3) is 5.91. The Balaban J connectivity index is 0.00000264. The summed E-state index contributed by atoms with van der Waals surface area (Å²) in [6, 6.07) is 6.03. The van der Waals surface area contributed by atoms with E-state index < -0.39 is 6.36 Å². The number of carbonyl (C=O) groups excluding carboxylic acids is 1. The van der Waals surface area contributed by atoms with Crippen LogP contribution in [0.3, 0.4) is 0 Å². The first-order valence-electron chi connectivity index (χ1n) is 7.20. The van der Waals surface area contributed by atoms with Crippen LogP contribution in [0.15, 0.2) is 24.3 Å². The highest BCUT2D eigenvalue weighted by molar-refractivity contribution is 5.85. The smallest absolute Gasteiger partial charge is 0.406 e. The molecule has 1 aromatic carbocycles. The van der Waals surface area contributed by atoms with Crippen molar-refractivity contribution in [1.82, 2.24) is 10.2 Å². The molecule has 2 rings (SSSR count). The fourth-order valence-electron chi connectivity index (χ4n) is 2.53. The van der Waals surface area contributed by atoms with Gasteiger partial charge in [-0.3, -0.25) is 4.79 Å². The molecule has 23 heavy (non-hydrogen) atoms. The van der Waals surface area contributed by atoms with Gasteiger partial charge in [-0.25, -0.2) is 0 Å². The van der Waals surface area contributed by atoms with E-state index >= 15 is 0 Å². The average Bonchev–Trinajstić information content (AvgIpc) is 2.45. The van der Waals surface area contributed by atoms with Gasteiger partial charge in [-0.05, 0) is 25.0 Å². The van der Waals surface area contributed by atoms with Crippen LogP contribution in [0.5, 0.6) is 5.75 Å². The molecule has 1 atom stereocenters. The first kappa shape index (κ1) is 19.6. The number of amides is 1. The lowest BCUT2D eigenvalue weighted by molar-refractivity contribution is -0.274. The van der Waals surface area contributed by atoms with Gasteiger partial charge in [-0.2, -0.15) is 0 Å². The Morgan fingerprint density at radius 2 is 2.09 bits per heavy atom. The molecule has 4 nitrogen and oxygen atoms in total. The van der Waals surface area contributed by atoms with Crippen molar-refractivity contribution in [1.29, 1.82) is 0 Å². The summed E-state index contributed by atoms with van der Waals surface area (Å²) in [7, 11) is 0. The highest BCUT2D eigenvalue weighted by Crippen LogP contribution is 2.27. The number of para-hydroxylation sites is 1. The Kier molecular flexibility index (Phi) is 7.15. The summed E-state index contributed by atoms with van der Waals surface area (Å²) in [4.78, 5) is 14.0. The largest absolute Gasteiger partial charge is 0.573 e. The van der Waals surface area contributed by atoms with Gasteiger partial charge in [0.05, 0.1) is 0 Å². The minimum Gasteiger partial charge on any atom is -0.406 e. The number of rotatable bonds is 4. The van der Waals surface area contributed by atoms with Crippen LogP contribution in [-0.4, -0.2) is 42.8 Å². The van der Waals surface area contributed by atoms with Crippen molar-refractivity contribution in [2.75, 3.05) is 19.6 Å². The van der Waals surface area contributed by atoms with Crippen molar-refractivity contribution in [3.8, 4) is 5.75 Å². The van der Waals surface area contributed by atoms with E-state index in [4.69, 9.17) is 0 Å². The molecule has 0 bridgehead atoms. The van der Waals surface area contributed by atoms with Gasteiger partial charge in [0.25, 0.3) is 0 Å². The molecular weight excluding hydrogens is 333 g/mol. The van der Waals surface area contributed by atoms with Crippen molar-refractivity contribution in [2.45, 2.75) is 32.2 Å². The van der Waals surface area contributed by atoms with Crippen LogP contribution in [0.1, 0.15) is 18.9 Å². The molecule has 1 heterocycles. The van der Waals surface area contributed by atoms with E-state index in [1.807, 2.05) is 6.92 Å². The molecule has 0 aliphatic carbocycles. The zero-order valence-corrected chi connectivity index (χ0v) is 13.5. The monoisotopic (exact) mass is 352 g/mol. The van der Waals surface area contributed by atoms with Crippen LogP contribution in [0.2, 0.25) is 0 Å². The summed E-state index contributed by atoms with van der Waals surface area (Å²) in [5.74, 6) is -0.285. The average molecular weight is 353 g/mol. The molecule has 1 N–H and O–H groups in total. The minimum atomic E-state index is -4.73. The number of ether oxygens (including phenoxy) is 1. The van der Waals surface area contributed by atoms with Crippen LogP contribution in [0, 0.1) is 0 Å². The molecule has 0 unspecified atom stereocenters. The van der Waals surface area contributed by atoms with Gasteiger partial charge in [-0.1, -0.05) is 18.2 Å². The predicted molar refractivity (Wildman–Crippen MR) is 82.7 cm³/mol. The quantitative estimate of drug-likeness (QED) is 0.906. The van der Waals surface area contributed by atoms with E-state index in [9.17, 15) is 18.0 Å². The van der Waals surface area contributed by atoms with Crippen molar-refractivity contribution < 1.29 is 22.7 Å². The standard InChI is InChI=1S/C15H19F3N2O2.ClH/c1-11-10-19-8-9-20(11)14(21)7-6-12-4-2-3-5-13(12)22-15(16,17)18;/h2-5,11,19H,6-10H2,1H3;1H/t11-;/m0./s1. The lowest BCUT2D eigenvalue weighted by Crippen LogP contribution is -2.52. The van der Waals surface area contributed by atoms with E-state index in [0.29, 0.717) is 12.1 Å². The number of nitrogens with one attached hydrogen (secondary N) is 1. The topological polar surface area (TPSA) is 41.6 Å². The Morgan fingerprint density at radius 1 is 1.39 bits per heavy atom. The van der Waals surface area contributed by atoms with Gasteiger partial charge in [0, 0.05) is 32.1 Å². The fraction of sp³-hybridized carbons (Fsp3) is 0.533. The van der Waals surface area contributed by atoms with E-state index in [2.05, 4.69) is 10.1 Å². The predicted octanol–water partition coefficient (Wildman–Crippen LogP) is 2.76. The van der Waals surface area contributed by atoms with Crippen LogP contribution in [0.4, 0.5) is 13.2 Å². The zero-order valence-electron chi connectivity index (χ0n) is 12.7. The van der Waals surface area contributed by atoms with Crippen LogP contribution < -0.4 is 10.1 Å². The minimum absolute atomic E-state index is 0. The second-order valence-electron chi connectivity index (χ2n) is 5.30. The summed E-state index contributed by atoms with van der Waals surface area (Å²) in [5, 5.41) is 3.19. The number of hydrogen-bond acceptors (Lipinski definition) is 3. The van der Waals surface area contributed by atoms with E-state index in [1.165, 1.54) is 12.1 Å². The highest BCUT2D eigenvalue weighted by atomic mass is 35.5. The third-order valence-electron chi connectivity index (χ3n) is 3.63. The Bertz CT molecular complexity index is 526. The molecule has 1 saturated heterocycles. The van der Waals surface area contributed by atoms with Gasteiger partial charge < -0.3 is 15.0 Å². The maximum atomic E-state index is 12.4. The van der Waals surface area contributed by atoms with E-state index in [-0.39, 0.29) is 42.9 Å². The van der Waals surface area contributed by atoms with Gasteiger partial charge in [0.1, 0.15) is 5.75 Å². The van der Waals surface area contributed by atoms with Gasteiger partial charge in [-0.15, -0.1) is 25.6 Å². The summed E-state index contributed by atoms with van der Waals surface area (Å²) in [5.41, 5.74) is 0.385. The Hall–Kier alpha value is -1.47. The fourth-order valence-corrected chi connectivity index (χ4v) is 2.53. The van der Waals surface area contributed by atoms with Crippen molar-refractivity contribution in [3.63, 3.8) is 0 Å². The van der Waals surface area contributed by atoms with Crippen LogP contribution in [0.25, 0.3) is 0 Å². The molecule has 0 saturated carbocycles. The first-order valence-corrected chi connectivity index (χ1v) is 7.20. The summed E-state index contributed by atoms with van der Waals surface area (Å²) >= 11 is 0. The third-order valence-corrected chi connectivity index (χ3v) is 3.63. The van der Waals surface area contributed by atoms with Crippen molar-refractivity contribution >= 4 is 18.3 Å². The number of benzene rings is 1. The number of hydrogen-bond donors (Lipinski definition) is 1. The zero-order chi connectivity index (χ0) is 16.2. The van der Waals surface area contributed by atoms with Gasteiger partial charge in [0.15, 0.2) is 0 Å². The lowest BCUT2D eigenvalue weighted by atomic mass is 10.1. The van der Waals surface area contributed by atoms with E-state index in [1.54, 1.807) is 17.0 Å². The van der Waals surface area contributed by atoms with Crippen LogP contribution >= 0.6 is 12.4 Å². The number of piperazine rings is 1. The highest BCUT2D eigenvalue weighted by Gasteiger charge is 2.32. The maximum Gasteiger partial charge on any atom is 0.573 e. The SMILES string of the molecule is C[C@H]1CNCCN1C(=O)CCc1ccccc1OC(F)(F)F.Cl. The molecule has 1 fully saturated rings. The lowest BCUT2D eigenvalue weighted by Gasteiger charge is -2.34. The molecule has 0 radical (unpaired) electrons. The summed E-state index contributed by atoms with van der Waals surface area (Å²) in [6.45, 7) is 4.05. The number of nitrogens with zero attached hydrogens (tertiary/aromatic N) is 1. The molecule has 1 amide bonds. The van der Waals surface area contributed by atoms with Crippen molar-refractivity contribution in [3.05, 3.63) is 29.8 Å². The summed E-state index contributed by atoms with van der Waals surface area (Å²) in [6.07, 6.45) is -4.34. The van der Waals surface area contributed by atoms with Crippen molar-refractivity contribution in [2.24, 2.45) is 0 Å². The second-order valence-corrected chi connectivity index (χ2v) is 5.30. The van der Waals surface area contributed by atoms with Crippen LogP contribution in [-0.2, 0) is 11.2 Å². The molecule has 130 valence electrons. The molecule has 0 aromatic heterocycles. The Morgan fingerprint density at radius 3 is 2.74 bits per heavy atom. The number of aryl methyl sites for hydroxylation is 1. The summed E-state index contributed by atoms with van der Waals surface area (Å²) < 4.78 is 41.1. The maximum absolute atomic E-state index is 12.4. The first-order chi connectivity index (χ1) is 10.4. The molecule has 0 spiro atoms. The number of carbonyl (C=O) groups is 1. The molecule has 1 aliphatic heterocycles. The molecule has 8 heteroatoms.